The van der Waals surface area contributed by atoms with Crippen molar-refractivity contribution in [2.45, 2.75) is 27.2 Å². The Bertz CT molecular complexity index is 308. The van der Waals surface area contributed by atoms with Crippen LogP contribution in [0.4, 0.5) is 4.79 Å². The molecule has 150 valence electrons. The van der Waals surface area contributed by atoms with Crippen molar-refractivity contribution in [1.82, 2.24) is 10.6 Å². The minimum atomic E-state index is -0.146. The van der Waals surface area contributed by atoms with Gasteiger partial charge in [-0.1, -0.05) is 20.8 Å². The molecule has 0 aliphatic rings. The van der Waals surface area contributed by atoms with Crippen molar-refractivity contribution in [3.8, 4) is 0 Å². The summed E-state index contributed by atoms with van der Waals surface area (Å²) in [5.41, 5.74) is -0.146. The van der Waals surface area contributed by atoms with Gasteiger partial charge in [-0.2, -0.15) is 0 Å². The van der Waals surface area contributed by atoms with E-state index in [0.29, 0.717) is 59.3 Å². The number of amides is 2. The first-order valence-electron chi connectivity index (χ1n) is 8.77. The van der Waals surface area contributed by atoms with Crippen molar-refractivity contribution < 1.29 is 28.5 Å². The first-order valence-corrected chi connectivity index (χ1v) is 9.35. The standard InChI is InChI=1S/C14H29N2O6P.C2H6/c1-2-3-15-13(17)12-22-11-10-21-9-8-20-7-6-19-5-4-16-14(18)23;1-2/h2-12,23H2,1H3,(H,15,17)(H,16,18);1-2H3. The highest BCUT2D eigenvalue weighted by Crippen LogP contribution is 1.84. The average molecular weight is 382 g/mol. The molecule has 0 heterocycles. The zero-order valence-corrected chi connectivity index (χ0v) is 17.0. The van der Waals surface area contributed by atoms with Gasteiger partial charge in [0.15, 0.2) is 0 Å². The largest absolute Gasteiger partial charge is 0.377 e. The van der Waals surface area contributed by atoms with Gasteiger partial charge in [0.25, 0.3) is 0 Å². The van der Waals surface area contributed by atoms with Crippen LogP contribution < -0.4 is 10.6 Å². The highest BCUT2D eigenvalue weighted by atomic mass is 31.0. The molecule has 0 aromatic carbocycles. The van der Waals surface area contributed by atoms with Crippen LogP contribution in [0.2, 0.25) is 0 Å². The minimum Gasteiger partial charge on any atom is -0.377 e. The van der Waals surface area contributed by atoms with Crippen LogP contribution in [0.1, 0.15) is 27.2 Å². The lowest BCUT2D eigenvalue weighted by Crippen LogP contribution is -2.28. The quantitative estimate of drug-likeness (QED) is 0.308. The molecular weight excluding hydrogens is 347 g/mol. The third-order valence-electron chi connectivity index (χ3n) is 2.47. The third-order valence-corrected chi connectivity index (χ3v) is 2.67. The number of rotatable bonds is 16. The average Bonchev–Trinajstić information content (AvgIpc) is 2.61. The van der Waals surface area contributed by atoms with Crippen molar-refractivity contribution in [3.05, 3.63) is 0 Å². The van der Waals surface area contributed by atoms with Crippen molar-refractivity contribution in [2.24, 2.45) is 0 Å². The van der Waals surface area contributed by atoms with Crippen molar-refractivity contribution in [1.29, 1.82) is 0 Å². The molecule has 0 aromatic heterocycles. The van der Waals surface area contributed by atoms with Gasteiger partial charge in [-0.25, -0.2) is 0 Å². The van der Waals surface area contributed by atoms with Crippen LogP contribution in [-0.4, -0.2) is 77.5 Å². The molecule has 0 fully saturated rings. The Morgan fingerprint density at radius 2 is 1.24 bits per heavy atom. The Morgan fingerprint density at radius 1 is 0.760 bits per heavy atom. The molecule has 0 aliphatic carbocycles. The van der Waals surface area contributed by atoms with E-state index in [1.165, 1.54) is 0 Å². The van der Waals surface area contributed by atoms with Gasteiger partial charge in [0.05, 0.1) is 46.2 Å². The summed E-state index contributed by atoms with van der Waals surface area (Å²) in [5, 5.41) is 5.32. The third kappa shape index (κ3) is 25.6. The number of ether oxygens (including phenoxy) is 4. The zero-order valence-electron chi connectivity index (χ0n) is 15.8. The van der Waals surface area contributed by atoms with Gasteiger partial charge in [-0.3, -0.25) is 9.59 Å². The highest BCUT2D eigenvalue weighted by Gasteiger charge is 1.99. The molecule has 0 spiro atoms. The van der Waals surface area contributed by atoms with Crippen LogP contribution in [0.5, 0.6) is 0 Å². The lowest BCUT2D eigenvalue weighted by Gasteiger charge is -2.08. The van der Waals surface area contributed by atoms with Crippen LogP contribution >= 0.6 is 9.24 Å². The summed E-state index contributed by atoms with van der Waals surface area (Å²) in [7, 11) is 2.04. The lowest BCUT2D eigenvalue weighted by atomic mass is 10.5. The highest BCUT2D eigenvalue weighted by molar-refractivity contribution is 7.39. The summed E-state index contributed by atoms with van der Waals surface area (Å²) in [5.74, 6) is -0.104. The monoisotopic (exact) mass is 382 g/mol. The number of hydrogen-bond donors (Lipinski definition) is 2. The lowest BCUT2D eigenvalue weighted by molar-refractivity contribution is -0.126. The zero-order chi connectivity index (χ0) is 19.2. The van der Waals surface area contributed by atoms with Gasteiger partial charge in [-0.05, 0) is 15.7 Å². The molecule has 2 N–H and O–H groups in total. The Labute approximate surface area is 153 Å². The van der Waals surface area contributed by atoms with Crippen molar-refractivity contribution in [2.75, 3.05) is 65.9 Å². The molecule has 1 atom stereocenters. The Balaban J connectivity index is 0. The summed E-state index contributed by atoms with van der Waals surface area (Å²) in [6.45, 7) is 10.4. The smallest absolute Gasteiger partial charge is 0.245 e. The number of nitrogens with one attached hydrogen (secondary N) is 2. The van der Waals surface area contributed by atoms with Crippen LogP contribution in [0.25, 0.3) is 0 Å². The van der Waals surface area contributed by atoms with E-state index in [1.54, 1.807) is 0 Å². The molecule has 8 nitrogen and oxygen atoms in total. The number of hydrogen-bond acceptors (Lipinski definition) is 6. The fourth-order valence-corrected chi connectivity index (χ4v) is 1.53. The van der Waals surface area contributed by atoms with E-state index >= 15 is 0 Å². The molecular formula is C16H35N2O6P. The summed E-state index contributed by atoms with van der Waals surface area (Å²) in [6, 6.07) is 0. The van der Waals surface area contributed by atoms with E-state index in [2.05, 4.69) is 10.6 Å². The Kier molecular flexibility index (Phi) is 24.5. The minimum absolute atomic E-state index is 0.0639. The fraction of sp³-hybridized carbons (Fsp3) is 0.875. The second-order valence-electron chi connectivity index (χ2n) is 4.53. The van der Waals surface area contributed by atoms with E-state index < -0.39 is 0 Å². The van der Waals surface area contributed by atoms with Gasteiger partial charge >= 0.3 is 0 Å². The maximum atomic E-state index is 11.2. The van der Waals surface area contributed by atoms with E-state index in [9.17, 15) is 9.59 Å². The molecule has 0 radical (unpaired) electrons. The van der Waals surface area contributed by atoms with Crippen LogP contribution in [-0.2, 0) is 23.7 Å². The molecule has 9 heteroatoms. The molecule has 1 unspecified atom stereocenters. The first kappa shape index (κ1) is 26.4. The second-order valence-corrected chi connectivity index (χ2v) is 5.06. The molecule has 2 amide bonds. The Hall–Kier alpha value is -0.790. The first-order chi connectivity index (χ1) is 12.2. The predicted octanol–water partition coefficient (Wildman–Crippen LogP) is 1.19. The maximum absolute atomic E-state index is 11.2. The topological polar surface area (TPSA) is 95.1 Å². The van der Waals surface area contributed by atoms with E-state index in [4.69, 9.17) is 18.9 Å². The molecule has 25 heavy (non-hydrogen) atoms. The molecule has 0 saturated heterocycles. The van der Waals surface area contributed by atoms with Gasteiger partial charge in [0.1, 0.15) is 6.61 Å². The summed E-state index contributed by atoms with van der Waals surface area (Å²) < 4.78 is 21.0. The summed E-state index contributed by atoms with van der Waals surface area (Å²) >= 11 is 0. The summed E-state index contributed by atoms with van der Waals surface area (Å²) in [6.07, 6.45) is 0.911. The van der Waals surface area contributed by atoms with Gasteiger partial charge in [0, 0.05) is 13.1 Å². The number of carbonyl (C=O) groups is 2. The van der Waals surface area contributed by atoms with Crippen LogP contribution in [0.3, 0.4) is 0 Å². The van der Waals surface area contributed by atoms with Crippen molar-refractivity contribution in [3.63, 3.8) is 0 Å². The fourth-order valence-electron chi connectivity index (χ4n) is 1.39. The van der Waals surface area contributed by atoms with E-state index in [-0.39, 0.29) is 18.2 Å². The second kappa shape index (κ2) is 23.2. The molecule has 0 saturated carbocycles. The molecule has 0 rings (SSSR count). The Morgan fingerprint density at radius 3 is 1.72 bits per heavy atom. The van der Waals surface area contributed by atoms with Gasteiger partial charge in [-0.15, -0.1) is 0 Å². The van der Waals surface area contributed by atoms with Gasteiger partial charge in [0.2, 0.25) is 11.6 Å². The van der Waals surface area contributed by atoms with Crippen molar-refractivity contribution >= 4 is 20.8 Å². The van der Waals surface area contributed by atoms with E-state index in [1.807, 2.05) is 30.0 Å². The van der Waals surface area contributed by atoms with Crippen LogP contribution in [0.15, 0.2) is 0 Å². The maximum Gasteiger partial charge on any atom is 0.245 e. The molecule has 0 aliphatic heterocycles. The SMILES string of the molecule is CC.CCCNC(=O)COCCOCCOCCOCCNC(=O)P. The summed E-state index contributed by atoms with van der Waals surface area (Å²) in [4.78, 5) is 21.8. The molecule has 0 aromatic rings. The van der Waals surface area contributed by atoms with E-state index in [0.717, 1.165) is 6.42 Å². The normalized spacial score (nSPS) is 9.92. The predicted molar refractivity (Wildman–Crippen MR) is 101 cm³/mol. The number of carbonyl (C=O) groups excluding carboxylic acids is 2. The van der Waals surface area contributed by atoms with Crippen LogP contribution in [0, 0.1) is 0 Å². The van der Waals surface area contributed by atoms with Gasteiger partial charge < -0.3 is 29.6 Å². The molecule has 0 bridgehead atoms.